The fourth-order valence-corrected chi connectivity index (χ4v) is 1.76. The first-order valence-electron chi connectivity index (χ1n) is 4.39. The predicted molar refractivity (Wildman–Crippen MR) is 51.5 cm³/mol. The Morgan fingerprint density at radius 3 is 2.43 bits per heavy atom. The molecule has 0 radical (unpaired) electrons. The molecule has 0 aromatic heterocycles. The molecule has 1 saturated carbocycles. The zero-order valence-electron chi connectivity index (χ0n) is 8.28. The van der Waals surface area contributed by atoms with Gasteiger partial charge in [0.2, 0.25) is 0 Å². The summed E-state index contributed by atoms with van der Waals surface area (Å²) < 4.78 is 25.8. The van der Waals surface area contributed by atoms with E-state index in [1.54, 1.807) is 6.92 Å². The van der Waals surface area contributed by atoms with Crippen LogP contribution in [0.2, 0.25) is 0 Å². The summed E-state index contributed by atoms with van der Waals surface area (Å²) in [5.74, 6) is -0.613. The minimum atomic E-state index is -3.70. The smallest absolute Gasteiger partial charge is 0.303 e. The maximum absolute atomic E-state index is 11.4. The Balaban J connectivity index is 2.64. The van der Waals surface area contributed by atoms with E-state index in [4.69, 9.17) is 5.73 Å². The van der Waals surface area contributed by atoms with Crippen molar-refractivity contribution >= 4 is 16.1 Å². The first-order valence-corrected chi connectivity index (χ1v) is 5.83. The highest BCUT2D eigenvalue weighted by Crippen LogP contribution is 2.32. The normalized spacial score (nSPS) is 19.4. The lowest BCUT2D eigenvalue weighted by Crippen LogP contribution is -2.49. The Bertz CT molecular complexity index is 334. The van der Waals surface area contributed by atoms with Gasteiger partial charge in [-0.1, -0.05) is 6.92 Å². The second-order valence-corrected chi connectivity index (χ2v) is 5.28. The largest absolute Gasteiger partial charge is 0.317 e. The van der Waals surface area contributed by atoms with Gasteiger partial charge in [-0.05, 0) is 12.8 Å². The van der Waals surface area contributed by atoms with Crippen LogP contribution in [0.25, 0.3) is 0 Å². The standard InChI is InChI=1S/C7H15N3O3S/c1-3-10(2)14(12,13)9-6(11)7(8)4-5-7/h3-5,8H2,1-2H3,(H,9,11). The Morgan fingerprint density at radius 1 is 1.57 bits per heavy atom. The average Bonchev–Trinajstić information content (AvgIpc) is 2.82. The van der Waals surface area contributed by atoms with Crippen LogP contribution in [0, 0.1) is 0 Å². The minimum Gasteiger partial charge on any atom is -0.317 e. The van der Waals surface area contributed by atoms with E-state index in [9.17, 15) is 13.2 Å². The van der Waals surface area contributed by atoms with Crippen LogP contribution >= 0.6 is 0 Å². The lowest BCUT2D eigenvalue weighted by molar-refractivity contribution is -0.121. The Kier molecular flexibility index (Phi) is 2.84. The molecule has 3 N–H and O–H groups in total. The Morgan fingerprint density at radius 2 is 2.07 bits per heavy atom. The molecule has 1 amide bonds. The molecule has 1 aliphatic rings. The van der Waals surface area contributed by atoms with Crippen molar-refractivity contribution in [1.29, 1.82) is 0 Å². The number of rotatable bonds is 4. The van der Waals surface area contributed by atoms with Crippen molar-refractivity contribution in [2.45, 2.75) is 25.3 Å². The maximum Gasteiger partial charge on any atom is 0.303 e. The fourth-order valence-electron chi connectivity index (χ4n) is 0.828. The van der Waals surface area contributed by atoms with Gasteiger partial charge in [0.15, 0.2) is 0 Å². The summed E-state index contributed by atoms with van der Waals surface area (Å²) in [6.07, 6.45) is 1.09. The molecular weight excluding hydrogens is 206 g/mol. The van der Waals surface area contributed by atoms with Crippen molar-refractivity contribution in [3.8, 4) is 0 Å². The van der Waals surface area contributed by atoms with Crippen molar-refractivity contribution in [1.82, 2.24) is 9.03 Å². The summed E-state index contributed by atoms with van der Waals surface area (Å²) in [5.41, 5.74) is 4.59. The zero-order chi connectivity index (χ0) is 11.0. The third-order valence-corrected chi connectivity index (χ3v) is 3.84. The number of nitrogens with two attached hydrogens (primary N) is 1. The summed E-state index contributed by atoms with van der Waals surface area (Å²) >= 11 is 0. The molecule has 1 rings (SSSR count). The van der Waals surface area contributed by atoms with Crippen molar-refractivity contribution < 1.29 is 13.2 Å². The molecule has 0 atom stereocenters. The third kappa shape index (κ3) is 2.23. The molecule has 82 valence electrons. The maximum atomic E-state index is 11.4. The van der Waals surface area contributed by atoms with Crippen LogP contribution in [0.3, 0.4) is 0 Å². The number of carbonyl (C=O) groups excluding carboxylic acids is 1. The molecule has 0 heterocycles. The first kappa shape index (κ1) is 11.4. The summed E-state index contributed by atoms with van der Waals surface area (Å²) in [4.78, 5) is 11.3. The van der Waals surface area contributed by atoms with E-state index in [1.165, 1.54) is 7.05 Å². The number of hydrogen-bond donors (Lipinski definition) is 2. The molecule has 0 aromatic carbocycles. The molecule has 0 aromatic rings. The number of nitrogens with one attached hydrogen (secondary N) is 1. The molecule has 0 bridgehead atoms. The topological polar surface area (TPSA) is 92.5 Å². The van der Waals surface area contributed by atoms with Gasteiger partial charge in [0.05, 0.1) is 5.54 Å². The molecule has 7 heteroatoms. The molecule has 0 saturated heterocycles. The molecule has 0 unspecified atom stereocenters. The van der Waals surface area contributed by atoms with Gasteiger partial charge in [-0.15, -0.1) is 0 Å². The van der Waals surface area contributed by atoms with E-state index in [-0.39, 0.29) is 0 Å². The van der Waals surface area contributed by atoms with Crippen LogP contribution < -0.4 is 10.5 Å². The minimum absolute atomic E-state index is 0.306. The highest BCUT2D eigenvalue weighted by Gasteiger charge is 2.47. The summed E-state index contributed by atoms with van der Waals surface area (Å²) in [5, 5.41) is 0. The number of carbonyl (C=O) groups is 1. The number of nitrogens with zero attached hydrogens (tertiary/aromatic N) is 1. The second kappa shape index (κ2) is 3.48. The van der Waals surface area contributed by atoms with Gasteiger partial charge in [0, 0.05) is 13.6 Å². The van der Waals surface area contributed by atoms with Crippen molar-refractivity contribution in [3.63, 3.8) is 0 Å². The molecule has 6 nitrogen and oxygen atoms in total. The number of amides is 1. The Hall–Kier alpha value is -0.660. The van der Waals surface area contributed by atoms with E-state index in [1.807, 2.05) is 4.72 Å². The van der Waals surface area contributed by atoms with E-state index in [0.29, 0.717) is 19.4 Å². The molecule has 1 aliphatic carbocycles. The van der Waals surface area contributed by atoms with Crippen molar-refractivity contribution in [2.75, 3.05) is 13.6 Å². The van der Waals surface area contributed by atoms with Crippen LogP contribution in [-0.4, -0.2) is 37.8 Å². The van der Waals surface area contributed by atoms with E-state index >= 15 is 0 Å². The molecular formula is C7H15N3O3S. The summed E-state index contributed by atoms with van der Waals surface area (Å²) in [6.45, 7) is 1.99. The highest BCUT2D eigenvalue weighted by atomic mass is 32.2. The SMILES string of the molecule is CCN(C)S(=O)(=O)NC(=O)C1(N)CC1. The number of hydrogen-bond acceptors (Lipinski definition) is 4. The van der Waals surface area contributed by atoms with E-state index < -0.39 is 21.7 Å². The van der Waals surface area contributed by atoms with Gasteiger partial charge in [-0.3, -0.25) is 4.79 Å². The summed E-state index contributed by atoms with van der Waals surface area (Å²) in [7, 11) is -2.30. The third-order valence-electron chi connectivity index (χ3n) is 2.32. The highest BCUT2D eigenvalue weighted by molar-refractivity contribution is 7.87. The lowest BCUT2D eigenvalue weighted by Gasteiger charge is -2.17. The molecule has 0 spiro atoms. The second-order valence-electron chi connectivity index (χ2n) is 3.51. The molecule has 1 fully saturated rings. The summed E-state index contributed by atoms with van der Waals surface area (Å²) in [6, 6.07) is 0. The Labute approximate surface area is 83.6 Å². The van der Waals surface area contributed by atoms with Gasteiger partial charge in [-0.2, -0.15) is 12.7 Å². The average molecular weight is 221 g/mol. The van der Waals surface area contributed by atoms with Crippen molar-refractivity contribution in [3.05, 3.63) is 0 Å². The van der Waals surface area contributed by atoms with E-state index in [0.717, 1.165) is 4.31 Å². The van der Waals surface area contributed by atoms with Crippen molar-refractivity contribution in [2.24, 2.45) is 5.73 Å². The predicted octanol–water partition coefficient (Wildman–Crippen LogP) is -1.21. The first-order chi connectivity index (χ1) is 6.32. The van der Waals surface area contributed by atoms with Crippen LogP contribution in [-0.2, 0) is 15.0 Å². The van der Waals surface area contributed by atoms with Crippen LogP contribution in [0.15, 0.2) is 0 Å². The zero-order valence-corrected chi connectivity index (χ0v) is 9.10. The van der Waals surface area contributed by atoms with Gasteiger partial charge in [-0.25, -0.2) is 4.72 Å². The fraction of sp³-hybridized carbons (Fsp3) is 0.857. The van der Waals surface area contributed by atoms with Crippen LogP contribution in [0.4, 0.5) is 0 Å². The lowest BCUT2D eigenvalue weighted by atomic mass is 10.3. The molecule has 0 aliphatic heterocycles. The monoisotopic (exact) mass is 221 g/mol. The van der Waals surface area contributed by atoms with Crippen LogP contribution in [0.1, 0.15) is 19.8 Å². The van der Waals surface area contributed by atoms with Gasteiger partial charge in [0.1, 0.15) is 0 Å². The molecule has 14 heavy (non-hydrogen) atoms. The quantitative estimate of drug-likeness (QED) is 0.623. The van der Waals surface area contributed by atoms with Gasteiger partial charge < -0.3 is 5.73 Å². The van der Waals surface area contributed by atoms with Gasteiger partial charge in [0.25, 0.3) is 5.91 Å². The van der Waals surface area contributed by atoms with Crippen LogP contribution in [0.5, 0.6) is 0 Å². The van der Waals surface area contributed by atoms with Gasteiger partial charge >= 0.3 is 10.2 Å². The van der Waals surface area contributed by atoms with E-state index in [2.05, 4.69) is 0 Å².